The van der Waals surface area contributed by atoms with Gasteiger partial charge in [-0.05, 0) is 17.2 Å². The smallest absolute Gasteiger partial charge is 0.269 e. The lowest BCUT2D eigenvalue weighted by Crippen LogP contribution is -2.20. The molecule has 7 heteroatoms. The summed E-state index contributed by atoms with van der Waals surface area (Å²) in [5.41, 5.74) is 2.75. The van der Waals surface area contributed by atoms with Gasteiger partial charge in [-0.25, -0.2) is 4.68 Å². The Kier molecular flexibility index (Phi) is 3.31. The maximum Gasteiger partial charge on any atom is 0.269 e. The summed E-state index contributed by atoms with van der Waals surface area (Å²) in [6.45, 7) is 0. The Morgan fingerprint density at radius 3 is 2.75 bits per heavy atom. The molecule has 1 aliphatic heterocycles. The Morgan fingerprint density at radius 2 is 1.96 bits per heavy atom. The van der Waals surface area contributed by atoms with Crippen LogP contribution >= 0.6 is 0 Å². The van der Waals surface area contributed by atoms with E-state index in [1.807, 2.05) is 42.5 Å². The molecular weight excluding hydrogens is 306 g/mol. The highest BCUT2D eigenvalue weighted by Crippen LogP contribution is 2.32. The van der Waals surface area contributed by atoms with Crippen molar-refractivity contribution in [3.8, 4) is 0 Å². The number of benzene rings is 2. The standard InChI is InChI=1S/C17H13N5O2/c23-22(24)14-8-4-7-13(9-14)16-10-15(12-5-2-1-3-6-12)20-17-18-11-19-21(16)17/h1-11,16H,(H,18,19,20)/t16-/m1/s1. The summed E-state index contributed by atoms with van der Waals surface area (Å²) in [6, 6.07) is 16.2. The molecule has 24 heavy (non-hydrogen) atoms. The Morgan fingerprint density at radius 1 is 1.12 bits per heavy atom. The summed E-state index contributed by atoms with van der Waals surface area (Å²) in [6.07, 6.45) is 3.46. The molecule has 4 rings (SSSR count). The van der Waals surface area contributed by atoms with Crippen molar-refractivity contribution in [1.29, 1.82) is 0 Å². The van der Waals surface area contributed by atoms with E-state index in [2.05, 4.69) is 15.4 Å². The van der Waals surface area contributed by atoms with Crippen molar-refractivity contribution in [2.75, 3.05) is 5.32 Å². The molecule has 0 saturated heterocycles. The first-order chi connectivity index (χ1) is 11.7. The molecule has 0 fully saturated rings. The van der Waals surface area contributed by atoms with E-state index in [-0.39, 0.29) is 11.7 Å². The zero-order chi connectivity index (χ0) is 16.5. The van der Waals surface area contributed by atoms with Crippen LogP contribution in [0.25, 0.3) is 5.70 Å². The van der Waals surface area contributed by atoms with Gasteiger partial charge in [-0.1, -0.05) is 42.5 Å². The molecule has 1 aromatic heterocycles. The molecule has 0 aliphatic carbocycles. The first-order valence-corrected chi connectivity index (χ1v) is 7.40. The van der Waals surface area contributed by atoms with Crippen LogP contribution in [0, 0.1) is 10.1 Å². The molecule has 0 unspecified atom stereocenters. The number of anilines is 1. The summed E-state index contributed by atoms with van der Waals surface area (Å²) < 4.78 is 1.71. The molecule has 0 spiro atoms. The third kappa shape index (κ3) is 2.41. The van der Waals surface area contributed by atoms with Crippen LogP contribution in [-0.4, -0.2) is 19.7 Å². The fraction of sp³-hybridized carbons (Fsp3) is 0.0588. The van der Waals surface area contributed by atoms with Crippen LogP contribution in [0.5, 0.6) is 0 Å². The molecule has 1 atom stereocenters. The Hall–Kier alpha value is -3.48. The molecule has 0 amide bonds. The number of fused-ring (bicyclic) bond motifs is 1. The van der Waals surface area contributed by atoms with E-state index in [0.29, 0.717) is 5.95 Å². The molecule has 2 aromatic carbocycles. The highest BCUT2D eigenvalue weighted by molar-refractivity contribution is 5.77. The van der Waals surface area contributed by atoms with E-state index in [1.165, 1.54) is 12.4 Å². The second-order valence-electron chi connectivity index (χ2n) is 5.40. The first kappa shape index (κ1) is 14.1. The third-order valence-corrected chi connectivity index (χ3v) is 3.91. The lowest BCUT2D eigenvalue weighted by molar-refractivity contribution is -0.384. The fourth-order valence-corrected chi connectivity index (χ4v) is 2.78. The van der Waals surface area contributed by atoms with Crippen molar-refractivity contribution in [1.82, 2.24) is 14.8 Å². The van der Waals surface area contributed by atoms with E-state index in [1.54, 1.807) is 16.8 Å². The minimum absolute atomic E-state index is 0.0577. The Labute approximate surface area is 137 Å². The molecule has 0 bridgehead atoms. The summed E-state index contributed by atoms with van der Waals surface area (Å²) in [5, 5.41) is 18.6. The average molecular weight is 319 g/mol. The van der Waals surface area contributed by atoms with Gasteiger partial charge in [0.15, 0.2) is 0 Å². The number of rotatable bonds is 3. The Balaban J connectivity index is 1.82. The molecule has 1 aliphatic rings. The molecule has 7 nitrogen and oxygen atoms in total. The molecular formula is C17H13N5O2. The van der Waals surface area contributed by atoms with Gasteiger partial charge in [0.05, 0.1) is 4.92 Å². The van der Waals surface area contributed by atoms with E-state index < -0.39 is 4.92 Å². The Bertz CT molecular complexity index is 933. The number of hydrogen-bond donors (Lipinski definition) is 1. The normalized spacial score (nSPS) is 16.0. The number of nitrogens with one attached hydrogen (secondary N) is 1. The van der Waals surface area contributed by atoms with Crippen LogP contribution in [0.1, 0.15) is 17.2 Å². The minimum Gasteiger partial charge on any atom is -0.324 e. The average Bonchev–Trinajstić information content (AvgIpc) is 3.10. The summed E-state index contributed by atoms with van der Waals surface area (Å²) in [4.78, 5) is 14.9. The maximum atomic E-state index is 11.1. The second kappa shape index (κ2) is 5.62. The van der Waals surface area contributed by atoms with Gasteiger partial charge in [0.1, 0.15) is 12.4 Å². The van der Waals surface area contributed by atoms with Gasteiger partial charge in [0.2, 0.25) is 5.95 Å². The molecule has 2 heterocycles. The number of allylic oxidation sites excluding steroid dienone is 1. The topological polar surface area (TPSA) is 85.9 Å². The van der Waals surface area contributed by atoms with E-state index in [0.717, 1.165) is 16.8 Å². The van der Waals surface area contributed by atoms with Crippen molar-refractivity contribution in [3.05, 3.63) is 88.2 Å². The monoisotopic (exact) mass is 319 g/mol. The number of aromatic nitrogens is 3. The minimum atomic E-state index is -0.394. The first-order valence-electron chi connectivity index (χ1n) is 7.40. The molecule has 118 valence electrons. The third-order valence-electron chi connectivity index (χ3n) is 3.91. The number of nitrogens with zero attached hydrogens (tertiary/aromatic N) is 4. The van der Waals surface area contributed by atoms with Crippen molar-refractivity contribution in [2.45, 2.75) is 6.04 Å². The van der Waals surface area contributed by atoms with Crippen molar-refractivity contribution >= 4 is 17.3 Å². The summed E-state index contributed by atoms with van der Waals surface area (Å²) in [5.74, 6) is 0.604. The van der Waals surface area contributed by atoms with Gasteiger partial charge < -0.3 is 5.32 Å². The number of hydrogen-bond acceptors (Lipinski definition) is 5. The predicted molar refractivity (Wildman–Crippen MR) is 89.3 cm³/mol. The van der Waals surface area contributed by atoms with Gasteiger partial charge in [0, 0.05) is 17.8 Å². The second-order valence-corrected chi connectivity index (χ2v) is 5.40. The zero-order valence-corrected chi connectivity index (χ0v) is 12.5. The van der Waals surface area contributed by atoms with Gasteiger partial charge in [0.25, 0.3) is 5.69 Å². The fourth-order valence-electron chi connectivity index (χ4n) is 2.78. The van der Waals surface area contributed by atoms with Crippen LogP contribution in [0.4, 0.5) is 11.6 Å². The number of nitro groups is 1. The zero-order valence-electron chi connectivity index (χ0n) is 12.5. The van der Waals surface area contributed by atoms with Gasteiger partial charge in [-0.2, -0.15) is 10.1 Å². The molecule has 3 aromatic rings. The van der Waals surface area contributed by atoms with Crippen LogP contribution in [0.2, 0.25) is 0 Å². The predicted octanol–water partition coefficient (Wildman–Crippen LogP) is 3.24. The van der Waals surface area contributed by atoms with E-state index >= 15 is 0 Å². The van der Waals surface area contributed by atoms with Crippen LogP contribution in [0.15, 0.2) is 67.0 Å². The number of nitro benzene ring substituents is 1. The highest BCUT2D eigenvalue weighted by Gasteiger charge is 2.24. The maximum absolute atomic E-state index is 11.1. The largest absolute Gasteiger partial charge is 0.324 e. The summed E-state index contributed by atoms with van der Waals surface area (Å²) in [7, 11) is 0. The van der Waals surface area contributed by atoms with E-state index in [9.17, 15) is 10.1 Å². The highest BCUT2D eigenvalue weighted by atomic mass is 16.6. The number of non-ortho nitro benzene ring substituents is 1. The van der Waals surface area contributed by atoms with Crippen LogP contribution in [-0.2, 0) is 0 Å². The summed E-state index contributed by atoms with van der Waals surface area (Å²) >= 11 is 0. The quantitative estimate of drug-likeness (QED) is 0.591. The lowest BCUT2D eigenvalue weighted by atomic mass is 10.0. The molecule has 1 N–H and O–H groups in total. The van der Waals surface area contributed by atoms with E-state index in [4.69, 9.17) is 0 Å². The van der Waals surface area contributed by atoms with Crippen molar-refractivity contribution in [3.63, 3.8) is 0 Å². The lowest BCUT2D eigenvalue weighted by Gasteiger charge is -2.24. The molecule has 0 radical (unpaired) electrons. The SMILES string of the molecule is O=[N+]([O-])c1cccc([C@H]2C=C(c3ccccc3)Nc3ncnn32)c1. The molecule has 0 saturated carbocycles. The van der Waals surface area contributed by atoms with Crippen LogP contribution < -0.4 is 5.32 Å². The van der Waals surface area contributed by atoms with Crippen molar-refractivity contribution < 1.29 is 4.92 Å². The van der Waals surface area contributed by atoms with Crippen LogP contribution in [0.3, 0.4) is 0 Å². The van der Waals surface area contributed by atoms with Gasteiger partial charge in [-0.15, -0.1) is 0 Å². The van der Waals surface area contributed by atoms with Crippen molar-refractivity contribution in [2.24, 2.45) is 0 Å². The van der Waals surface area contributed by atoms with Gasteiger partial charge >= 0.3 is 0 Å². The van der Waals surface area contributed by atoms with Gasteiger partial charge in [-0.3, -0.25) is 10.1 Å².